The molecule has 0 saturated heterocycles. The van der Waals surface area contributed by atoms with Crippen LogP contribution in [0.2, 0.25) is 0 Å². The van der Waals surface area contributed by atoms with Gasteiger partial charge in [0.25, 0.3) is 0 Å². The third-order valence-corrected chi connectivity index (χ3v) is 5.84. The van der Waals surface area contributed by atoms with Gasteiger partial charge in [-0.25, -0.2) is 0 Å². The van der Waals surface area contributed by atoms with Crippen molar-refractivity contribution < 1.29 is 9.47 Å². The van der Waals surface area contributed by atoms with Gasteiger partial charge in [0.15, 0.2) is 0 Å². The summed E-state index contributed by atoms with van der Waals surface area (Å²) in [4.78, 5) is 0. The molecule has 0 heterocycles. The quantitative estimate of drug-likeness (QED) is 0.437. The van der Waals surface area contributed by atoms with Gasteiger partial charge in [0.2, 0.25) is 0 Å². The maximum atomic E-state index is 6.47. The Kier molecular flexibility index (Phi) is 7.49. The zero-order valence-corrected chi connectivity index (χ0v) is 22.7. The maximum Gasteiger partial charge on any atom is 0.126 e. The summed E-state index contributed by atoms with van der Waals surface area (Å²) in [7, 11) is 0. The lowest BCUT2D eigenvalue weighted by Gasteiger charge is -2.31. The van der Waals surface area contributed by atoms with E-state index in [2.05, 4.69) is 119 Å². The molecule has 2 aromatic carbocycles. The van der Waals surface area contributed by atoms with E-state index in [4.69, 9.17) is 9.47 Å². The Balaban J connectivity index is 2.33. The predicted octanol–water partition coefficient (Wildman–Crippen LogP) is 8.33. The molecule has 0 aliphatic heterocycles. The largest absolute Gasteiger partial charge is 0.489 e. The van der Waals surface area contributed by atoms with Gasteiger partial charge < -0.3 is 9.47 Å². The van der Waals surface area contributed by atoms with E-state index in [1.807, 2.05) is 0 Å². The van der Waals surface area contributed by atoms with Gasteiger partial charge in [0.1, 0.15) is 24.7 Å². The first kappa shape index (κ1) is 26.3. The van der Waals surface area contributed by atoms with Crippen LogP contribution >= 0.6 is 0 Å². The van der Waals surface area contributed by atoms with Gasteiger partial charge in [-0.15, -0.1) is 0 Å². The van der Waals surface area contributed by atoms with Crippen molar-refractivity contribution in [2.45, 2.75) is 105 Å². The Bertz CT molecular complexity index is 768. The number of hydrogen-bond acceptors (Lipinski definition) is 2. The fraction of sp³-hybridized carbons (Fsp3) is 0.600. The summed E-state index contributed by atoms with van der Waals surface area (Å²) in [6, 6.07) is 13.1. The third kappa shape index (κ3) is 6.30. The van der Waals surface area contributed by atoms with Gasteiger partial charge in [-0.1, -0.05) is 119 Å². The Hall–Kier alpha value is -1.96. The summed E-state index contributed by atoms with van der Waals surface area (Å²) < 4.78 is 12.9. The molecule has 2 nitrogen and oxygen atoms in total. The highest BCUT2D eigenvalue weighted by atomic mass is 16.5. The molecule has 0 bridgehead atoms. The molecular weight excluding hydrogens is 392 g/mol. The van der Waals surface area contributed by atoms with Crippen molar-refractivity contribution in [3.05, 3.63) is 58.7 Å². The molecule has 0 spiro atoms. The molecule has 2 heteroatoms. The van der Waals surface area contributed by atoms with E-state index >= 15 is 0 Å². The van der Waals surface area contributed by atoms with Gasteiger partial charge >= 0.3 is 0 Å². The standard InChI is InChI=1S/C30H46O2/c1-27(2,3)21-15-13-16-22(28(4,5)6)25(21)31-19-20-32-26-23(29(7,8)9)17-14-18-24(26)30(10,11)12/h13-18H,19-20H2,1-12H3. The highest BCUT2D eigenvalue weighted by Crippen LogP contribution is 2.41. The second kappa shape index (κ2) is 9.12. The molecule has 0 amide bonds. The molecule has 0 fully saturated rings. The Morgan fingerprint density at radius 3 is 0.844 bits per heavy atom. The second-order valence-corrected chi connectivity index (χ2v) is 13.1. The second-order valence-electron chi connectivity index (χ2n) is 13.1. The third-order valence-electron chi connectivity index (χ3n) is 5.84. The van der Waals surface area contributed by atoms with Crippen LogP contribution < -0.4 is 9.47 Å². The molecule has 0 saturated carbocycles. The van der Waals surface area contributed by atoms with Crippen molar-refractivity contribution in [3.63, 3.8) is 0 Å². The molecule has 0 radical (unpaired) electrons. The first-order chi connectivity index (χ1) is 14.4. The molecule has 0 aromatic heterocycles. The van der Waals surface area contributed by atoms with Crippen molar-refractivity contribution in [2.75, 3.05) is 13.2 Å². The fourth-order valence-electron chi connectivity index (χ4n) is 4.03. The zero-order chi connectivity index (χ0) is 24.5. The zero-order valence-electron chi connectivity index (χ0n) is 22.7. The van der Waals surface area contributed by atoms with Crippen LogP contribution in [0.1, 0.15) is 105 Å². The summed E-state index contributed by atoms with van der Waals surface area (Å²) in [6.45, 7) is 27.9. The highest BCUT2D eigenvalue weighted by Gasteiger charge is 2.28. The lowest BCUT2D eigenvalue weighted by Crippen LogP contribution is -2.23. The minimum atomic E-state index is 0.00961. The van der Waals surface area contributed by atoms with Crippen LogP contribution in [0.4, 0.5) is 0 Å². The molecule has 0 unspecified atom stereocenters. The molecule has 0 aliphatic carbocycles. The summed E-state index contributed by atoms with van der Waals surface area (Å²) in [5.74, 6) is 2.02. The summed E-state index contributed by atoms with van der Waals surface area (Å²) >= 11 is 0. The van der Waals surface area contributed by atoms with Gasteiger partial charge in [-0.05, 0) is 43.9 Å². The van der Waals surface area contributed by atoms with Crippen LogP contribution in [0.5, 0.6) is 11.5 Å². The van der Waals surface area contributed by atoms with Crippen LogP contribution in [0.25, 0.3) is 0 Å². The van der Waals surface area contributed by atoms with Gasteiger partial charge in [-0.2, -0.15) is 0 Å². The molecular formula is C30H46O2. The van der Waals surface area contributed by atoms with Crippen molar-refractivity contribution in [3.8, 4) is 11.5 Å². The smallest absolute Gasteiger partial charge is 0.126 e. The minimum Gasteiger partial charge on any atom is -0.489 e. The van der Waals surface area contributed by atoms with E-state index in [9.17, 15) is 0 Å². The minimum absolute atomic E-state index is 0.00961. The highest BCUT2D eigenvalue weighted by molar-refractivity contribution is 5.49. The monoisotopic (exact) mass is 438 g/mol. The number of para-hydroxylation sites is 2. The average Bonchev–Trinajstić information content (AvgIpc) is 2.61. The molecule has 32 heavy (non-hydrogen) atoms. The topological polar surface area (TPSA) is 18.5 Å². The normalized spacial score (nSPS) is 13.2. The Labute approximate surface area is 197 Å². The van der Waals surface area contributed by atoms with E-state index in [1.54, 1.807) is 0 Å². The van der Waals surface area contributed by atoms with Crippen molar-refractivity contribution >= 4 is 0 Å². The Morgan fingerprint density at radius 1 is 0.438 bits per heavy atom. The molecule has 2 aromatic rings. The van der Waals surface area contributed by atoms with Crippen LogP contribution in [0, 0.1) is 0 Å². The fourth-order valence-corrected chi connectivity index (χ4v) is 4.03. The van der Waals surface area contributed by atoms with Crippen molar-refractivity contribution in [2.24, 2.45) is 0 Å². The first-order valence-electron chi connectivity index (χ1n) is 12.0. The van der Waals surface area contributed by atoms with E-state index in [0.29, 0.717) is 13.2 Å². The number of rotatable bonds is 5. The van der Waals surface area contributed by atoms with Crippen LogP contribution in [0.3, 0.4) is 0 Å². The van der Waals surface area contributed by atoms with E-state index in [-0.39, 0.29) is 21.7 Å². The maximum absolute atomic E-state index is 6.47. The molecule has 178 valence electrons. The van der Waals surface area contributed by atoms with Crippen LogP contribution in [0.15, 0.2) is 36.4 Å². The number of benzene rings is 2. The molecule has 2 rings (SSSR count). The molecule has 0 atom stereocenters. The number of hydrogen-bond donors (Lipinski definition) is 0. The van der Waals surface area contributed by atoms with Crippen LogP contribution in [-0.4, -0.2) is 13.2 Å². The summed E-state index contributed by atoms with van der Waals surface area (Å²) in [6.07, 6.45) is 0. The van der Waals surface area contributed by atoms with Gasteiger partial charge in [0, 0.05) is 0 Å². The Morgan fingerprint density at radius 2 is 0.656 bits per heavy atom. The van der Waals surface area contributed by atoms with Gasteiger partial charge in [-0.3, -0.25) is 0 Å². The molecule has 0 N–H and O–H groups in total. The van der Waals surface area contributed by atoms with Gasteiger partial charge in [0.05, 0.1) is 0 Å². The van der Waals surface area contributed by atoms with Crippen molar-refractivity contribution in [1.29, 1.82) is 0 Å². The van der Waals surface area contributed by atoms with E-state index in [0.717, 1.165) is 11.5 Å². The average molecular weight is 439 g/mol. The first-order valence-corrected chi connectivity index (χ1v) is 12.0. The SMILES string of the molecule is CC(C)(C)c1cccc(C(C)(C)C)c1OCCOc1c(C(C)(C)C)cccc1C(C)(C)C. The van der Waals surface area contributed by atoms with E-state index in [1.165, 1.54) is 22.3 Å². The van der Waals surface area contributed by atoms with Crippen LogP contribution in [-0.2, 0) is 21.7 Å². The lowest BCUT2D eigenvalue weighted by molar-refractivity contribution is 0.206. The summed E-state index contributed by atoms with van der Waals surface area (Å²) in [5, 5.41) is 0. The predicted molar refractivity (Wildman–Crippen MR) is 139 cm³/mol. The summed E-state index contributed by atoms with van der Waals surface area (Å²) in [5.41, 5.74) is 5.02. The van der Waals surface area contributed by atoms with E-state index < -0.39 is 0 Å². The van der Waals surface area contributed by atoms with Crippen molar-refractivity contribution in [1.82, 2.24) is 0 Å². The number of ether oxygens (including phenoxy) is 2. The lowest BCUT2D eigenvalue weighted by atomic mass is 9.79. The molecule has 0 aliphatic rings.